The van der Waals surface area contributed by atoms with Crippen LogP contribution in [-0.2, 0) is 10.3 Å². The van der Waals surface area contributed by atoms with E-state index in [9.17, 15) is 24.1 Å². The van der Waals surface area contributed by atoms with Gasteiger partial charge in [-0.05, 0) is 30.8 Å². The number of amides is 1. The van der Waals surface area contributed by atoms with Crippen LogP contribution in [0.5, 0.6) is 0 Å². The number of fused-ring (bicyclic) bond motifs is 2. The van der Waals surface area contributed by atoms with Gasteiger partial charge in [-0.2, -0.15) is 0 Å². The highest BCUT2D eigenvalue weighted by atomic mass is 19.1. The fourth-order valence-corrected chi connectivity index (χ4v) is 5.36. The second-order valence-corrected chi connectivity index (χ2v) is 8.46. The number of benzene rings is 3. The molecule has 3 aromatic rings. The molecule has 8 heteroatoms. The minimum absolute atomic E-state index is 0.0932. The summed E-state index contributed by atoms with van der Waals surface area (Å²) in [5.74, 6) is -2.64. The van der Waals surface area contributed by atoms with E-state index in [1.54, 1.807) is 54.4 Å². The van der Waals surface area contributed by atoms with Crippen LogP contribution in [0.2, 0.25) is 0 Å². The summed E-state index contributed by atoms with van der Waals surface area (Å²) in [5.41, 5.74) is 0.324. The van der Waals surface area contributed by atoms with Crippen molar-refractivity contribution in [3.05, 3.63) is 105 Å². The molecule has 0 bridgehead atoms. The Morgan fingerprint density at radius 3 is 2.61 bits per heavy atom. The third-order valence-corrected chi connectivity index (χ3v) is 6.76. The van der Waals surface area contributed by atoms with Gasteiger partial charge in [0.2, 0.25) is 5.91 Å². The van der Waals surface area contributed by atoms with Crippen LogP contribution in [0.1, 0.15) is 27.4 Å². The summed E-state index contributed by atoms with van der Waals surface area (Å²) in [6, 6.07) is 18.8. The number of nitro groups is 1. The molecule has 0 aliphatic carbocycles. The van der Waals surface area contributed by atoms with Crippen molar-refractivity contribution in [3.63, 3.8) is 0 Å². The minimum atomic E-state index is -1.44. The lowest BCUT2D eigenvalue weighted by Crippen LogP contribution is -2.51. The Balaban J connectivity index is 1.74. The second kappa shape index (κ2) is 7.60. The van der Waals surface area contributed by atoms with Gasteiger partial charge in [0.25, 0.3) is 5.69 Å². The fourth-order valence-electron chi connectivity index (χ4n) is 5.36. The molecule has 1 saturated heterocycles. The summed E-state index contributed by atoms with van der Waals surface area (Å²) >= 11 is 0. The highest BCUT2D eigenvalue weighted by Crippen LogP contribution is 2.55. The lowest BCUT2D eigenvalue weighted by molar-refractivity contribution is -0.384. The molecule has 1 spiro atoms. The number of nitro benzene ring substituents is 1. The van der Waals surface area contributed by atoms with E-state index in [0.717, 1.165) is 0 Å². The first kappa shape index (κ1) is 21.0. The first-order valence-electron chi connectivity index (χ1n) is 10.5. The highest BCUT2D eigenvalue weighted by Gasteiger charge is 2.64. The number of likely N-dealkylation sites (N-methyl/N-ethyl adjacent to an activating group) is 1. The number of nitrogens with one attached hydrogen (secondary N) is 1. The van der Waals surface area contributed by atoms with Gasteiger partial charge in [-0.1, -0.05) is 42.5 Å². The van der Waals surface area contributed by atoms with Crippen LogP contribution in [0.3, 0.4) is 0 Å². The van der Waals surface area contributed by atoms with Crippen molar-refractivity contribution >= 4 is 23.1 Å². The fraction of sp³-hybridized carbons (Fsp3) is 0.200. The van der Waals surface area contributed by atoms with Crippen LogP contribution in [-0.4, -0.2) is 35.1 Å². The third-order valence-electron chi connectivity index (χ3n) is 6.76. The Morgan fingerprint density at radius 2 is 1.88 bits per heavy atom. The number of carbonyl (C=O) groups excluding carboxylic acids is 2. The lowest BCUT2D eigenvalue weighted by atomic mass is 9.70. The van der Waals surface area contributed by atoms with E-state index >= 15 is 0 Å². The summed E-state index contributed by atoms with van der Waals surface area (Å²) in [5, 5.41) is 14.2. The number of anilines is 1. The van der Waals surface area contributed by atoms with E-state index in [0.29, 0.717) is 22.4 Å². The van der Waals surface area contributed by atoms with E-state index in [1.165, 1.54) is 30.3 Å². The number of hydrogen-bond donors (Lipinski definition) is 1. The summed E-state index contributed by atoms with van der Waals surface area (Å²) in [7, 11) is 1.72. The van der Waals surface area contributed by atoms with Crippen molar-refractivity contribution in [2.45, 2.75) is 11.5 Å². The van der Waals surface area contributed by atoms with Gasteiger partial charge in [0, 0.05) is 41.4 Å². The number of nitrogens with zero attached hydrogens (tertiary/aromatic N) is 2. The number of likely N-dealkylation sites (tertiary alicyclic amines) is 1. The van der Waals surface area contributed by atoms with Gasteiger partial charge in [0.15, 0.2) is 5.78 Å². The quantitative estimate of drug-likeness (QED) is 0.371. The van der Waals surface area contributed by atoms with Gasteiger partial charge in [0.05, 0.1) is 10.8 Å². The van der Waals surface area contributed by atoms with Gasteiger partial charge >= 0.3 is 0 Å². The maximum atomic E-state index is 14.3. The molecule has 5 rings (SSSR count). The second-order valence-electron chi connectivity index (χ2n) is 8.46. The van der Waals surface area contributed by atoms with Crippen LogP contribution in [0.4, 0.5) is 15.8 Å². The van der Waals surface area contributed by atoms with E-state index in [2.05, 4.69) is 5.32 Å². The summed E-state index contributed by atoms with van der Waals surface area (Å²) in [4.78, 5) is 40.2. The molecule has 0 unspecified atom stereocenters. The predicted octanol–water partition coefficient (Wildman–Crippen LogP) is 4.11. The van der Waals surface area contributed by atoms with Crippen LogP contribution in [0.25, 0.3) is 0 Å². The topological polar surface area (TPSA) is 92.5 Å². The summed E-state index contributed by atoms with van der Waals surface area (Å²) in [6.07, 6.45) is 0. The van der Waals surface area contributed by atoms with Crippen molar-refractivity contribution in [1.29, 1.82) is 0 Å². The van der Waals surface area contributed by atoms with Crippen LogP contribution >= 0.6 is 0 Å². The molecule has 0 aromatic heterocycles. The van der Waals surface area contributed by atoms with Gasteiger partial charge < -0.3 is 5.32 Å². The maximum absolute atomic E-state index is 14.3. The standard InChI is InChI=1S/C25H20FN3O4/c1-28-14-19(16-8-5-9-18(12-16)29(32)33)22(23(30)15-6-3-2-4-7-15)25(28)20-13-17(26)10-11-21(20)27-24(25)31/h2-13,19,22H,14H2,1H3,(H,27,31)/t19-,22+,25-/m1/s1. The third kappa shape index (κ3) is 3.06. The SMILES string of the molecule is CN1C[C@H](c2cccc([N+](=O)[O-])c2)[C@@H](C(=O)c2ccccc2)[C@]12C(=O)Nc1ccc(F)cc12. The van der Waals surface area contributed by atoms with Crippen molar-refractivity contribution in [2.75, 3.05) is 18.9 Å². The van der Waals surface area contributed by atoms with Crippen LogP contribution in [0.15, 0.2) is 72.8 Å². The van der Waals surface area contributed by atoms with E-state index in [1.807, 2.05) is 0 Å². The molecule has 1 N–H and O–H groups in total. The van der Waals surface area contributed by atoms with Crippen molar-refractivity contribution < 1.29 is 18.9 Å². The Morgan fingerprint density at radius 1 is 1.12 bits per heavy atom. The number of halogens is 1. The molecule has 7 nitrogen and oxygen atoms in total. The molecule has 1 fully saturated rings. The number of rotatable bonds is 4. The van der Waals surface area contributed by atoms with Crippen molar-refractivity contribution in [2.24, 2.45) is 5.92 Å². The maximum Gasteiger partial charge on any atom is 0.269 e. The van der Waals surface area contributed by atoms with Gasteiger partial charge in [-0.25, -0.2) is 4.39 Å². The summed E-state index contributed by atoms with van der Waals surface area (Å²) in [6.45, 7) is 0.285. The molecule has 3 aromatic carbocycles. The molecule has 1 amide bonds. The van der Waals surface area contributed by atoms with Gasteiger partial charge in [-0.3, -0.25) is 24.6 Å². The molecular weight excluding hydrogens is 425 g/mol. The zero-order valence-electron chi connectivity index (χ0n) is 17.7. The molecule has 0 saturated carbocycles. The first-order chi connectivity index (χ1) is 15.8. The highest BCUT2D eigenvalue weighted by molar-refractivity contribution is 6.12. The molecule has 3 atom stereocenters. The van der Waals surface area contributed by atoms with Gasteiger partial charge in [0.1, 0.15) is 11.4 Å². The Labute approximate surface area is 189 Å². The number of ketones is 1. The Hall–Kier alpha value is -3.91. The Bertz CT molecular complexity index is 1300. The number of Topliss-reactive ketones (excluding diaryl/α,β-unsaturated/α-hetero) is 1. The summed E-state index contributed by atoms with van der Waals surface area (Å²) < 4.78 is 14.3. The zero-order valence-corrected chi connectivity index (χ0v) is 17.7. The number of carbonyl (C=O) groups is 2. The first-order valence-corrected chi connectivity index (χ1v) is 10.5. The Kier molecular flexibility index (Phi) is 4.83. The number of non-ortho nitro benzene ring substituents is 1. The zero-order chi connectivity index (χ0) is 23.3. The normalized spacial score (nSPS) is 24.0. The van der Waals surface area contributed by atoms with Crippen molar-refractivity contribution in [3.8, 4) is 0 Å². The molecule has 2 heterocycles. The molecule has 166 valence electrons. The average Bonchev–Trinajstić information content (AvgIpc) is 3.29. The number of hydrogen-bond acceptors (Lipinski definition) is 5. The predicted molar refractivity (Wildman–Crippen MR) is 119 cm³/mol. The van der Waals surface area contributed by atoms with Crippen molar-refractivity contribution in [1.82, 2.24) is 4.90 Å². The smallest absolute Gasteiger partial charge is 0.269 e. The van der Waals surface area contributed by atoms with E-state index < -0.39 is 34.0 Å². The minimum Gasteiger partial charge on any atom is -0.324 e. The molecule has 0 radical (unpaired) electrons. The lowest BCUT2D eigenvalue weighted by Gasteiger charge is -2.35. The average molecular weight is 445 g/mol. The monoisotopic (exact) mass is 445 g/mol. The molecule has 2 aliphatic heterocycles. The molecule has 2 aliphatic rings. The van der Waals surface area contributed by atoms with Crippen LogP contribution in [0, 0.1) is 21.8 Å². The van der Waals surface area contributed by atoms with E-state index in [4.69, 9.17) is 0 Å². The van der Waals surface area contributed by atoms with E-state index in [-0.39, 0.29) is 18.0 Å². The molecular formula is C25H20FN3O4. The molecule has 33 heavy (non-hydrogen) atoms. The largest absolute Gasteiger partial charge is 0.324 e. The van der Waals surface area contributed by atoms with Crippen LogP contribution < -0.4 is 5.32 Å². The van der Waals surface area contributed by atoms with Gasteiger partial charge in [-0.15, -0.1) is 0 Å².